The van der Waals surface area contributed by atoms with E-state index in [1.807, 2.05) is 30.3 Å². The summed E-state index contributed by atoms with van der Waals surface area (Å²) in [5.74, 6) is -0.311. The third-order valence-electron chi connectivity index (χ3n) is 4.44. The number of hydrogen-bond acceptors (Lipinski definition) is 3. The van der Waals surface area contributed by atoms with E-state index in [1.165, 1.54) is 12.5 Å². The van der Waals surface area contributed by atoms with Gasteiger partial charge in [0.1, 0.15) is 0 Å². The van der Waals surface area contributed by atoms with Gasteiger partial charge in [-0.1, -0.05) is 41.4 Å². The molecule has 3 rings (SSSR count). The van der Waals surface area contributed by atoms with E-state index in [9.17, 15) is 4.79 Å². The first-order chi connectivity index (χ1) is 13.5. The molecule has 2 aromatic rings. The van der Waals surface area contributed by atoms with E-state index >= 15 is 0 Å². The van der Waals surface area contributed by atoms with E-state index in [-0.39, 0.29) is 11.0 Å². The lowest BCUT2D eigenvalue weighted by Gasteiger charge is -2.31. The molecular formula is C21H21Cl2N3OS. The zero-order valence-electron chi connectivity index (χ0n) is 15.3. The fraction of sp³-hybridized carbons (Fsp3) is 0.238. The number of para-hydroxylation sites is 1. The van der Waals surface area contributed by atoms with Gasteiger partial charge < -0.3 is 10.2 Å². The number of benzene rings is 2. The molecule has 2 aromatic carbocycles. The standard InChI is InChI=1S/C21H21Cl2N3OS/c22-16-10-7-15(8-11-16)9-12-19(27)25-21(28)24-18-6-4-5-17(23)20(18)26-13-2-1-3-14-26/h4-12H,1-3,13-14H2,(H2,24,25,27,28)/b12-9+. The Balaban J connectivity index is 1.63. The number of anilines is 2. The van der Waals surface area contributed by atoms with Crippen LogP contribution in [0.2, 0.25) is 10.0 Å². The lowest BCUT2D eigenvalue weighted by Crippen LogP contribution is -2.34. The summed E-state index contributed by atoms with van der Waals surface area (Å²) in [5.41, 5.74) is 2.60. The summed E-state index contributed by atoms with van der Waals surface area (Å²) in [7, 11) is 0. The molecule has 7 heteroatoms. The van der Waals surface area contributed by atoms with Crippen LogP contribution in [0.5, 0.6) is 0 Å². The summed E-state index contributed by atoms with van der Waals surface area (Å²) in [4.78, 5) is 14.4. The minimum atomic E-state index is -0.311. The van der Waals surface area contributed by atoms with E-state index in [0.29, 0.717) is 10.0 Å². The molecule has 1 amide bonds. The minimum Gasteiger partial charge on any atom is -0.369 e. The zero-order chi connectivity index (χ0) is 19.9. The van der Waals surface area contributed by atoms with Crippen molar-refractivity contribution in [3.05, 3.63) is 64.1 Å². The molecule has 1 aliphatic heterocycles. The number of thiocarbonyl (C=S) groups is 1. The molecule has 0 aliphatic carbocycles. The van der Waals surface area contributed by atoms with Crippen molar-refractivity contribution in [1.82, 2.24) is 5.32 Å². The first-order valence-electron chi connectivity index (χ1n) is 9.12. The largest absolute Gasteiger partial charge is 0.369 e. The number of carbonyl (C=O) groups excluding carboxylic acids is 1. The van der Waals surface area contributed by atoms with Gasteiger partial charge in [0.15, 0.2) is 5.11 Å². The van der Waals surface area contributed by atoms with Crippen molar-refractivity contribution in [3.63, 3.8) is 0 Å². The quantitative estimate of drug-likeness (QED) is 0.492. The number of carbonyl (C=O) groups is 1. The van der Waals surface area contributed by atoms with E-state index in [0.717, 1.165) is 42.9 Å². The number of piperidine rings is 1. The van der Waals surface area contributed by atoms with Gasteiger partial charge in [-0.3, -0.25) is 10.1 Å². The molecule has 146 valence electrons. The molecule has 1 saturated heterocycles. The molecule has 4 nitrogen and oxygen atoms in total. The Hall–Kier alpha value is -2.08. The van der Waals surface area contributed by atoms with Crippen LogP contribution < -0.4 is 15.5 Å². The van der Waals surface area contributed by atoms with Crippen LogP contribution in [0.15, 0.2) is 48.5 Å². The van der Waals surface area contributed by atoms with Crippen LogP contribution in [0, 0.1) is 0 Å². The number of hydrogen-bond donors (Lipinski definition) is 2. The highest BCUT2D eigenvalue weighted by molar-refractivity contribution is 7.80. The van der Waals surface area contributed by atoms with Crippen LogP contribution >= 0.6 is 35.4 Å². The zero-order valence-corrected chi connectivity index (χ0v) is 17.6. The Morgan fingerprint density at radius 1 is 1.04 bits per heavy atom. The van der Waals surface area contributed by atoms with Gasteiger partial charge in [-0.05, 0) is 67.4 Å². The molecule has 1 aliphatic rings. The number of halogens is 2. The van der Waals surface area contributed by atoms with Gasteiger partial charge in [0.25, 0.3) is 0 Å². The first kappa shape index (κ1) is 20.6. The van der Waals surface area contributed by atoms with Gasteiger partial charge in [0.05, 0.1) is 16.4 Å². The van der Waals surface area contributed by atoms with Crippen molar-refractivity contribution >= 4 is 63.9 Å². The third kappa shape index (κ3) is 5.71. The van der Waals surface area contributed by atoms with E-state index in [4.69, 9.17) is 35.4 Å². The Morgan fingerprint density at radius 2 is 1.75 bits per heavy atom. The Kier molecular flexibility index (Phi) is 7.31. The maximum absolute atomic E-state index is 12.1. The van der Waals surface area contributed by atoms with Crippen molar-refractivity contribution in [2.24, 2.45) is 0 Å². The normalized spacial score (nSPS) is 14.1. The fourth-order valence-corrected chi connectivity index (χ4v) is 3.74. The van der Waals surface area contributed by atoms with Crippen LogP contribution in [0.25, 0.3) is 6.08 Å². The van der Waals surface area contributed by atoms with E-state index < -0.39 is 0 Å². The van der Waals surface area contributed by atoms with Crippen molar-refractivity contribution < 1.29 is 4.79 Å². The summed E-state index contributed by atoms with van der Waals surface area (Å²) in [6.45, 7) is 1.92. The van der Waals surface area contributed by atoms with Crippen LogP contribution in [0.1, 0.15) is 24.8 Å². The van der Waals surface area contributed by atoms with Crippen LogP contribution in [0.4, 0.5) is 11.4 Å². The number of amides is 1. The molecule has 0 atom stereocenters. The molecule has 2 N–H and O–H groups in total. The number of nitrogens with zero attached hydrogens (tertiary/aromatic N) is 1. The van der Waals surface area contributed by atoms with Crippen molar-refractivity contribution in [1.29, 1.82) is 0 Å². The Morgan fingerprint density at radius 3 is 2.46 bits per heavy atom. The van der Waals surface area contributed by atoms with Crippen LogP contribution in [-0.4, -0.2) is 24.1 Å². The summed E-state index contributed by atoms with van der Waals surface area (Å²) < 4.78 is 0. The van der Waals surface area contributed by atoms with Crippen LogP contribution in [-0.2, 0) is 4.79 Å². The molecule has 0 unspecified atom stereocenters. The SMILES string of the molecule is O=C(/C=C/c1ccc(Cl)cc1)NC(=S)Nc1cccc(Cl)c1N1CCCCC1. The second kappa shape index (κ2) is 9.92. The molecule has 0 radical (unpaired) electrons. The number of rotatable bonds is 4. The fourth-order valence-electron chi connectivity index (χ4n) is 3.11. The lowest BCUT2D eigenvalue weighted by molar-refractivity contribution is -0.115. The molecule has 0 bridgehead atoms. The summed E-state index contributed by atoms with van der Waals surface area (Å²) in [6.07, 6.45) is 6.65. The van der Waals surface area contributed by atoms with Crippen molar-refractivity contribution in [2.45, 2.75) is 19.3 Å². The average Bonchev–Trinajstić information content (AvgIpc) is 2.68. The monoisotopic (exact) mass is 433 g/mol. The Bertz CT molecular complexity index is 878. The molecular weight excluding hydrogens is 413 g/mol. The van der Waals surface area contributed by atoms with Gasteiger partial charge in [-0.2, -0.15) is 0 Å². The topological polar surface area (TPSA) is 44.4 Å². The predicted molar refractivity (Wildman–Crippen MR) is 122 cm³/mol. The van der Waals surface area contributed by atoms with E-state index in [2.05, 4.69) is 15.5 Å². The molecule has 28 heavy (non-hydrogen) atoms. The van der Waals surface area contributed by atoms with E-state index in [1.54, 1.807) is 18.2 Å². The molecule has 1 fully saturated rings. The third-order valence-corrected chi connectivity index (χ3v) is 5.20. The second-order valence-corrected chi connectivity index (χ2v) is 7.76. The predicted octanol–water partition coefficient (Wildman–Crippen LogP) is 5.51. The second-order valence-electron chi connectivity index (χ2n) is 6.51. The smallest absolute Gasteiger partial charge is 0.250 e. The van der Waals surface area contributed by atoms with Gasteiger partial charge in [-0.15, -0.1) is 0 Å². The van der Waals surface area contributed by atoms with Gasteiger partial charge in [0, 0.05) is 24.2 Å². The lowest BCUT2D eigenvalue weighted by atomic mass is 10.1. The Labute approximate surface area is 180 Å². The molecule has 0 aromatic heterocycles. The van der Waals surface area contributed by atoms with Gasteiger partial charge in [-0.25, -0.2) is 0 Å². The first-order valence-corrected chi connectivity index (χ1v) is 10.3. The van der Waals surface area contributed by atoms with Crippen LogP contribution in [0.3, 0.4) is 0 Å². The van der Waals surface area contributed by atoms with Crippen molar-refractivity contribution in [3.8, 4) is 0 Å². The highest BCUT2D eigenvalue weighted by Crippen LogP contribution is 2.35. The number of nitrogens with one attached hydrogen (secondary N) is 2. The molecule has 0 saturated carbocycles. The summed E-state index contributed by atoms with van der Waals surface area (Å²) >= 11 is 17.6. The molecule has 1 heterocycles. The summed E-state index contributed by atoms with van der Waals surface area (Å²) in [5, 5.41) is 7.32. The highest BCUT2D eigenvalue weighted by Gasteiger charge is 2.18. The molecule has 0 spiro atoms. The highest BCUT2D eigenvalue weighted by atomic mass is 35.5. The average molecular weight is 434 g/mol. The maximum atomic E-state index is 12.1. The maximum Gasteiger partial charge on any atom is 0.250 e. The van der Waals surface area contributed by atoms with Gasteiger partial charge in [0.2, 0.25) is 5.91 Å². The van der Waals surface area contributed by atoms with Crippen molar-refractivity contribution in [2.75, 3.05) is 23.3 Å². The summed E-state index contributed by atoms with van der Waals surface area (Å²) in [6, 6.07) is 12.9. The minimum absolute atomic E-state index is 0.228. The van der Waals surface area contributed by atoms with Gasteiger partial charge >= 0.3 is 0 Å².